The van der Waals surface area contributed by atoms with Gasteiger partial charge in [0, 0.05) is 45.3 Å². The van der Waals surface area contributed by atoms with Crippen molar-refractivity contribution in [2.45, 2.75) is 6.04 Å². The van der Waals surface area contributed by atoms with Gasteiger partial charge < -0.3 is 5.32 Å². The number of rotatable bonds is 4. The highest BCUT2D eigenvalue weighted by Crippen LogP contribution is 2.26. The summed E-state index contributed by atoms with van der Waals surface area (Å²) in [5.74, 6) is 0. The van der Waals surface area contributed by atoms with Crippen LogP contribution in [0.25, 0.3) is 5.69 Å². The van der Waals surface area contributed by atoms with Crippen LogP contribution in [0.15, 0.2) is 29.2 Å². The third-order valence-electron chi connectivity index (χ3n) is 4.99. The number of hydrogen-bond acceptors (Lipinski definition) is 5. The van der Waals surface area contributed by atoms with E-state index in [1.807, 2.05) is 6.07 Å². The van der Waals surface area contributed by atoms with Crippen molar-refractivity contribution in [2.75, 3.05) is 44.6 Å². The Labute approximate surface area is 166 Å². The molecule has 3 aliphatic rings. The second-order valence-electron chi connectivity index (χ2n) is 6.56. The number of aromatic nitrogens is 2. The van der Waals surface area contributed by atoms with Crippen molar-refractivity contribution in [3.63, 3.8) is 0 Å². The van der Waals surface area contributed by atoms with Crippen molar-refractivity contribution in [2.24, 2.45) is 0 Å². The molecular formula is C17H18Cl3N5O. The predicted octanol–water partition coefficient (Wildman–Crippen LogP) is 2.60. The van der Waals surface area contributed by atoms with Gasteiger partial charge in [-0.1, -0.05) is 34.8 Å². The smallest absolute Gasteiger partial charge is 0.291 e. The van der Waals surface area contributed by atoms with E-state index in [1.165, 1.54) is 10.9 Å². The average molecular weight is 415 g/mol. The lowest BCUT2D eigenvalue weighted by molar-refractivity contribution is 0.0189. The SMILES string of the molecule is O=c1c(Cl)c(Cl)cnn1-c1ccc(NCC2CN3CCN2CC3)c(Cl)c1. The maximum absolute atomic E-state index is 12.2. The van der Waals surface area contributed by atoms with E-state index in [2.05, 4.69) is 20.2 Å². The average Bonchev–Trinajstić information content (AvgIpc) is 2.66. The molecule has 1 unspecified atom stereocenters. The molecule has 3 fully saturated rings. The fraction of sp³-hybridized carbons (Fsp3) is 0.412. The van der Waals surface area contributed by atoms with Gasteiger partial charge in [-0.15, -0.1) is 0 Å². The molecule has 0 saturated carbocycles. The first-order valence-electron chi connectivity index (χ1n) is 8.46. The Kier molecular flexibility index (Phi) is 5.12. The Morgan fingerprint density at radius 2 is 1.88 bits per heavy atom. The minimum Gasteiger partial charge on any atom is -0.382 e. The van der Waals surface area contributed by atoms with Crippen LogP contribution in [-0.4, -0.2) is 64.9 Å². The van der Waals surface area contributed by atoms with Crippen LogP contribution in [0.1, 0.15) is 0 Å². The number of nitrogens with one attached hydrogen (secondary N) is 1. The Balaban J connectivity index is 1.50. The molecule has 6 nitrogen and oxygen atoms in total. The summed E-state index contributed by atoms with van der Waals surface area (Å²) in [4.78, 5) is 17.2. The topological polar surface area (TPSA) is 53.4 Å². The van der Waals surface area contributed by atoms with E-state index in [9.17, 15) is 4.79 Å². The monoisotopic (exact) mass is 413 g/mol. The Morgan fingerprint density at radius 1 is 1.12 bits per heavy atom. The molecule has 9 heteroatoms. The number of benzene rings is 1. The first-order chi connectivity index (χ1) is 12.5. The zero-order valence-corrected chi connectivity index (χ0v) is 16.2. The van der Waals surface area contributed by atoms with Crippen LogP contribution in [0.3, 0.4) is 0 Å². The number of nitrogens with zero attached hydrogens (tertiary/aromatic N) is 4. The molecule has 1 N–H and O–H groups in total. The maximum Gasteiger partial charge on any atom is 0.291 e. The molecule has 0 aliphatic carbocycles. The molecule has 138 valence electrons. The molecular weight excluding hydrogens is 397 g/mol. The summed E-state index contributed by atoms with van der Waals surface area (Å²) in [5, 5.41) is 8.04. The van der Waals surface area contributed by atoms with E-state index in [-0.39, 0.29) is 10.0 Å². The molecule has 3 aliphatic heterocycles. The number of anilines is 1. The van der Waals surface area contributed by atoms with Gasteiger partial charge in [0.05, 0.1) is 27.6 Å². The summed E-state index contributed by atoms with van der Waals surface area (Å²) in [6.07, 6.45) is 1.34. The molecule has 5 rings (SSSR count). The van der Waals surface area contributed by atoms with Gasteiger partial charge in [-0.05, 0) is 18.2 Å². The van der Waals surface area contributed by atoms with E-state index < -0.39 is 5.56 Å². The molecule has 1 atom stereocenters. The lowest BCUT2D eigenvalue weighted by atomic mass is 10.1. The molecule has 26 heavy (non-hydrogen) atoms. The summed E-state index contributed by atoms with van der Waals surface area (Å²) >= 11 is 18.1. The van der Waals surface area contributed by atoms with E-state index in [0.717, 1.165) is 45.0 Å². The molecule has 0 radical (unpaired) electrons. The Morgan fingerprint density at radius 3 is 2.54 bits per heavy atom. The summed E-state index contributed by atoms with van der Waals surface area (Å²) in [6, 6.07) is 5.82. The van der Waals surface area contributed by atoms with E-state index in [0.29, 0.717) is 16.8 Å². The van der Waals surface area contributed by atoms with Gasteiger partial charge in [-0.3, -0.25) is 14.6 Å². The van der Waals surface area contributed by atoms with Crippen molar-refractivity contribution in [1.82, 2.24) is 19.6 Å². The molecule has 2 bridgehead atoms. The van der Waals surface area contributed by atoms with Gasteiger partial charge in [0.25, 0.3) is 5.56 Å². The second-order valence-corrected chi connectivity index (χ2v) is 7.75. The summed E-state index contributed by atoms with van der Waals surface area (Å²) in [7, 11) is 0. The fourth-order valence-corrected chi connectivity index (χ4v) is 4.02. The highest BCUT2D eigenvalue weighted by Gasteiger charge is 2.31. The first-order valence-corrected chi connectivity index (χ1v) is 9.60. The highest BCUT2D eigenvalue weighted by molar-refractivity contribution is 6.41. The highest BCUT2D eigenvalue weighted by atomic mass is 35.5. The van der Waals surface area contributed by atoms with Crippen LogP contribution >= 0.6 is 34.8 Å². The lowest BCUT2D eigenvalue weighted by Crippen LogP contribution is -2.62. The van der Waals surface area contributed by atoms with Gasteiger partial charge in [-0.2, -0.15) is 9.78 Å². The normalized spacial score (nSPS) is 24.7. The number of hydrogen-bond donors (Lipinski definition) is 1. The summed E-state index contributed by atoms with van der Waals surface area (Å²) < 4.78 is 1.18. The molecule has 0 amide bonds. The van der Waals surface area contributed by atoms with Crippen molar-refractivity contribution in [3.8, 4) is 5.69 Å². The fourth-order valence-electron chi connectivity index (χ4n) is 3.52. The quantitative estimate of drug-likeness (QED) is 0.833. The lowest BCUT2D eigenvalue weighted by Gasteiger charge is -2.47. The van der Waals surface area contributed by atoms with Crippen molar-refractivity contribution in [3.05, 3.63) is 49.8 Å². The zero-order chi connectivity index (χ0) is 18.3. The van der Waals surface area contributed by atoms with Crippen molar-refractivity contribution >= 4 is 40.5 Å². The van der Waals surface area contributed by atoms with Crippen LogP contribution in [0.4, 0.5) is 5.69 Å². The van der Waals surface area contributed by atoms with Crippen LogP contribution in [0.5, 0.6) is 0 Å². The van der Waals surface area contributed by atoms with E-state index >= 15 is 0 Å². The van der Waals surface area contributed by atoms with Gasteiger partial charge in [-0.25, -0.2) is 0 Å². The number of piperazine rings is 3. The summed E-state index contributed by atoms with van der Waals surface area (Å²) in [5.41, 5.74) is 0.896. The van der Waals surface area contributed by atoms with E-state index in [4.69, 9.17) is 34.8 Å². The number of halogens is 3. The van der Waals surface area contributed by atoms with Gasteiger partial charge >= 0.3 is 0 Å². The van der Waals surface area contributed by atoms with Crippen LogP contribution in [0, 0.1) is 0 Å². The van der Waals surface area contributed by atoms with Crippen LogP contribution in [0.2, 0.25) is 15.1 Å². The predicted molar refractivity (Wildman–Crippen MR) is 105 cm³/mol. The Hall–Kier alpha value is -1.31. The minimum absolute atomic E-state index is 0.0589. The number of fused-ring (bicyclic) bond motifs is 3. The van der Waals surface area contributed by atoms with Gasteiger partial charge in [0.1, 0.15) is 5.02 Å². The van der Waals surface area contributed by atoms with Gasteiger partial charge in [0.2, 0.25) is 0 Å². The van der Waals surface area contributed by atoms with Crippen molar-refractivity contribution in [1.29, 1.82) is 0 Å². The largest absolute Gasteiger partial charge is 0.382 e. The molecule has 3 saturated heterocycles. The van der Waals surface area contributed by atoms with Gasteiger partial charge in [0.15, 0.2) is 0 Å². The Bertz CT molecular complexity index is 879. The van der Waals surface area contributed by atoms with Crippen LogP contribution in [-0.2, 0) is 0 Å². The van der Waals surface area contributed by atoms with Crippen molar-refractivity contribution < 1.29 is 0 Å². The first kappa shape index (κ1) is 18.1. The second kappa shape index (κ2) is 7.37. The van der Waals surface area contributed by atoms with E-state index in [1.54, 1.807) is 12.1 Å². The summed E-state index contributed by atoms with van der Waals surface area (Å²) in [6.45, 7) is 6.51. The molecule has 0 spiro atoms. The minimum atomic E-state index is -0.476. The molecule has 2 aromatic rings. The standard InChI is InChI=1S/C17H18Cl3N5O/c18-13-7-11(25-17(26)16(20)14(19)9-22-25)1-2-15(13)21-8-12-10-23-3-5-24(12)6-4-23/h1-2,7,9,12,21H,3-6,8,10H2. The zero-order valence-electron chi connectivity index (χ0n) is 14.0. The molecule has 4 heterocycles. The van der Waals surface area contributed by atoms with Crippen LogP contribution < -0.4 is 10.9 Å². The maximum atomic E-state index is 12.2. The molecule has 1 aromatic carbocycles. The third-order valence-corrected chi connectivity index (χ3v) is 6.06. The third kappa shape index (κ3) is 3.44. The molecule has 1 aromatic heterocycles.